The van der Waals surface area contributed by atoms with E-state index in [1.807, 2.05) is 18.2 Å². The number of rotatable bonds is 7. The predicted octanol–water partition coefficient (Wildman–Crippen LogP) is 2.74. The lowest BCUT2D eigenvalue weighted by Crippen LogP contribution is -2.35. The third-order valence-electron chi connectivity index (χ3n) is 5.06. The molecule has 134 valence electrons. The monoisotopic (exact) mass is 343 g/mol. The van der Waals surface area contributed by atoms with Crippen LogP contribution in [-0.2, 0) is 27.2 Å². The minimum atomic E-state index is -0.504. The number of ketones is 1. The first kappa shape index (κ1) is 17.6. The molecule has 2 aliphatic rings. The highest BCUT2D eigenvalue weighted by Crippen LogP contribution is 2.23. The summed E-state index contributed by atoms with van der Waals surface area (Å²) < 4.78 is 4.97. The molecule has 0 aliphatic heterocycles. The molecule has 1 N–H and O–H groups in total. The molecule has 1 aromatic rings. The number of Topliss-reactive ketones (excluding diaryl/α,β-unsaturated/α-hetero) is 1. The number of ether oxygens (including phenoxy) is 1. The molecule has 2 aliphatic carbocycles. The van der Waals surface area contributed by atoms with Crippen LogP contribution in [0, 0.1) is 0 Å². The number of carbonyl (C=O) groups excluding carboxylic acids is 3. The van der Waals surface area contributed by atoms with Gasteiger partial charge in [0.25, 0.3) is 5.91 Å². The molecule has 1 amide bonds. The maximum absolute atomic E-state index is 12.2. The van der Waals surface area contributed by atoms with Crippen LogP contribution in [0.3, 0.4) is 0 Å². The molecule has 0 atom stereocenters. The largest absolute Gasteiger partial charge is 0.456 e. The molecule has 0 aromatic heterocycles. The average molecular weight is 343 g/mol. The normalized spacial score (nSPS) is 16.5. The highest BCUT2D eigenvalue weighted by molar-refractivity contribution is 5.98. The van der Waals surface area contributed by atoms with Crippen molar-refractivity contribution in [2.45, 2.75) is 63.8 Å². The quantitative estimate of drug-likeness (QED) is 0.610. The van der Waals surface area contributed by atoms with Gasteiger partial charge in [-0.25, -0.2) is 0 Å². The van der Waals surface area contributed by atoms with Gasteiger partial charge in [-0.3, -0.25) is 14.4 Å². The van der Waals surface area contributed by atoms with Crippen LogP contribution < -0.4 is 5.32 Å². The van der Waals surface area contributed by atoms with Gasteiger partial charge in [0.1, 0.15) is 0 Å². The highest BCUT2D eigenvalue weighted by atomic mass is 16.5. The van der Waals surface area contributed by atoms with Crippen LogP contribution in [0.2, 0.25) is 0 Å². The molecule has 25 heavy (non-hydrogen) atoms. The zero-order valence-corrected chi connectivity index (χ0v) is 14.5. The van der Waals surface area contributed by atoms with E-state index in [1.54, 1.807) is 0 Å². The Balaban J connectivity index is 1.38. The van der Waals surface area contributed by atoms with Crippen molar-refractivity contribution in [3.63, 3.8) is 0 Å². The van der Waals surface area contributed by atoms with E-state index in [4.69, 9.17) is 4.74 Å². The Labute approximate surface area is 148 Å². The van der Waals surface area contributed by atoms with E-state index in [9.17, 15) is 14.4 Å². The van der Waals surface area contributed by atoms with Gasteiger partial charge in [0.15, 0.2) is 12.4 Å². The second kappa shape index (κ2) is 8.28. The van der Waals surface area contributed by atoms with E-state index >= 15 is 0 Å². The fourth-order valence-corrected chi connectivity index (χ4v) is 3.66. The third kappa shape index (κ3) is 4.91. The SMILES string of the molecule is O=C(COC(=O)CCC(=O)c1ccc2c(c1)CCC2)NC1CCCC1. The van der Waals surface area contributed by atoms with Gasteiger partial charge in [0, 0.05) is 18.0 Å². The van der Waals surface area contributed by atoms with E-state index in [0.29, 0.717) is 5.56 Å². The summed E-state index contributed by atoms with van der Waals surface area (Å²) in [5, 5.41) is 2.87. The van der Waals surface area contributed by atoms with Crippen molar-refractivity contribution in [2.24, 2.45) is 0 Å². The van der Waals surface area contributed by atoms with Crippen molar-refractivity contribution in [2.75, 3.05) is 6.61 Å². The van der Waals surface area contributed by atoms with Crippen LogP contribution >= 0.6 is 0 Å². The zero-order valence-electron chi connectivity index (χ0n) is 14.5. The second-order valence-electron chi connectivity index (χ2n) is 6.97. The van der Waals surface area contributed by atoms with Gasteiger partial charge in [-0.2, -0.15) is 0 Å². The maximum atomic E-state index is 12.2. The minimum Gasteiger partial charge on any atom is -0.456 e. The number of nitrogens with one attached hydrogen (secondary N) is 1. The Morgan fingerprint density at radius 2 is 1.76 bits per heavy atom. The minimum absolute atomic E-state index is 0.00657. The molecule has 0 unspecified atom stereocenters. The van der Waals surface area contributed by atoms with Crippen LogP contribution in [0.15, 0.2) is 18.2 Å². The van der Waals surface area contributed by atoms with Crippen molar-refractivity contribution in [3.8, 4) is 0 Å². The molecular formula is C20H25NO4. The smallest absolute Gasteiger partial charge is 0.306 e. The molecule has 0 heterocycles. The Kier molecular flexibility index (Phi) is 5.84. The number of fused-ring (bicyclic) bond motifs is 1. The Morgan fingerprint density at radius 1 is 1.00 bits per heavy atom. The summed E-state index contributed by atoms with van der Waals surface area (Å²) >= 11 is 0. The van der Waals surface area contributed by atoms with E-state index in [1.165, 1.54) is 11.1 Å². The van der Waals surface area contributed by atoms with E-state index in [2.05, 4.69) is 5.32 Å². The van der Waals surface area contributed by atoms with Crippen molar-refractivity contribution in [1.82, 2.24) is 5.32 Å². The van der Waals surface area contributed by atoms with E-state index < -0.39 is 5.97 Å². The molecule has 0 spiro atoms. The van der Waals surface area contributed by atoms with Crippen LogP contribution in [0.5, 0.6) is 0 Å². The van der Waals surface area contributed by atoms with E-state index in [0.717, 1.165) is 44.9 Å². The van der Waals surface area contributed by atoms with Crippen LogP contribution in [0.4, 0.5) is 0 Å². The lowest BCUT2D eigenvalue weighted by molar-refractivity contribution is -0.148. The molecule has 1 fully saturated rings. The lowest BCUT2D eigenvalue weighted by atomic mass is 10.0. The van der Waals surface area contributed by atoms with Crippen molar-refractivity contribution < 1.29 is 19.1 Å². The molecule has 3 rings (SSSR count). The third-order valence-corrected chi connectivity index (χ3v) is 5.06. The summed E-state index contributed by atoms with van der Waals surface area (Å²) in [6, 6.07) is 6.02. The van der Waals surface area contributed by atoms with Crippen molar-refractivity contribution >= 4 is 17.7 Å². The molecular weight excluding hydrogens is 318 g/mol. The Hall–Kier alpha value is -2.17. The number of benzene rings is 1. The van der Waals surface area contributed by atoms with Crippen LogP contribution in [-0.4, -0.2) is 30.3 Å². The Morgan fingerprint density at radius 3 is 2.56 bits per heavy atom. The molecule has 5 nitrogen and oxygen atoms in total. The average Bonchev–Trinajstić information content (AvgIpc) is 3.28. The fraction of sp³-hybridized carbons (Fsp3) is 0.550. The number of carbonyl (C=O) groups is 3. The summed E-state index contributed by atoms with van der Waals surface area (Å²) in [6.45, 7) is -0.262. The van der Waals surface area contributed by atoms with Crippen LogP contribution in [0.1, 0.15) is 66.4 Å². The fourth-order valence-electron chi connectivity index (χ4n) is 3.66. The molecule has 0 radical (unpaired) electrons. The number of hydrogen-bond acceptors (Lipinski definition) is 4. The first-order valence-electron chi connectivity index (χ1n) is 9.22. The van der Waals surface area contributed by atoms with Crippen molar-refractivity contribution in [1.29, 1.82) is 0 Å². The zero-order chi connectivity index (χ0) is 17.6. The van der Waals surface area contributed by atoms with Gasteiger partial charge in [-0.05, 0) is 49.3 Å². The van der Waals surface area contributed by atoms with Gasteiger partial charge >= 0.3 is 5.97 Å². The number of aryl methyl sites for hydroxylation is 2. The molecule has 5 heteroatoms. The van der Waals surface area contributed by atoms with Gasteiger partial charge in [0.2, 0.25) is 0 Å². The Bertz CT molecular complexity index is 662. The topological polar surface area (TPSA) is 72.5 Å². The lowest BCUT2D eigenvalue weighted by Gasteiger charge is -2.11. The molecule has 1 aromatic carbocycles. The molecule has 0 saturated heterocycles. The first-order chi connectivity index (χ1) is 12.1. The van der Waals surface area contributed by atoms with Gasteiger partial charge in [-0.15, -0.1) is 0 Å². The predicted molar refractivity (Wildman–Crippen MR) is 93.4 cm³/mol. The van der Waals surface area contributed by atoms with Crippen LogP contribution in [0.25, 0.3) is 0 Å². The summed E-state index contributed by atoms with van der Waals surface area (Å²) in [4.78, 5) is 35.7. The molecule has 0 bridgehead atoms. The summed E-state index contributed by atoms with van der Waals surface area (Å²) in [5.41, 5.74) is 3.23. The van der Waals surface area contributed by atoms with E-state index in [-0.39, 0.29) is 37.2 Å². The van der Waals surface area contributed by atoms with Gasteiger partial charge < -0.3 is 10.1 Å². The highest BCUT2D eigenvalue weighted by Gasteiger charge is 2.18. The number of amides is 1. The summed E-state index contributed by atoms with van der Waals surface area (Å²) in [5.74, 6) is -0.816. The van der Waals surface area contributed by atoms with Gasteiger partial charge in [0.05, 0.1) is 6.42 Å². The standard InChI is InChI=1S/C20H25NO4/c22-18(16-9-8-14-4-3-5-15(14)12-16)10-11-20(24)25-13-19(23)21-17-6-1-2-7-17/h8-9,12,17H,1-7,10-11,13H2,(H,21,23). The van der Waals surface area contributed by atoms with Gasteiger partial charge in [-0.1, -0.05) is 25.0 Å². The first-order valence-corrected chi connectivity index (χ1v) is 9.22. The second-order valence-corrected chi connectivity index (χ2v) is 6.97. The van der Waals surface area contributed by atoms with Crippen molar-refractivity contribution in [3.05, 3.63) is 34.9 Å². The number of hydrogen-bond donors (Lipinski definition) is 1. The molecule has 1 saturated carbocycles. The number of esters is 1. The maximum Gasteiger partial charge on any atom is 0.306 e. The summed E-state index contributed by atoms with van der Waals surface area (Å²) in [6.07, 6.45) is 7.62. The summed E-state index contributed by atoms with van der Waals surface area (Å²) in [7, 11) is 0.